The quantitative estimate of drug-likeness (QED) is 0.360. The molecule has 2 N–H and O–H groups in total. The fourth-order valence-corrected chi connectivity index (χ4v) is 4.13. The second kappa shape index (κ2) is 12.9. The molecule has 2 rings (SSSR count). The second-order valence-electron chi connectivity index (χ2n) is 6.73. The van der Waals surface area contributed by atoms with Gasteiger partial charge in [-0.05, 0) is 38.3 Å². The summed E-state index contributed by atoms with van der Waals surface area (Å²) in [5.74, 6) is 1.37. The van der Waals surface area contributed by atoms with Gasteiger partial charge in [-0.1, -0.05) is 18.2 Å². The monoisotopic (exact) mass is 394 g/mol. The van der Waals surface area contributed by atoms with Gasteiger partial charge >= 0.3 is 0 Å². The van der Waals surface area contributed by atoms with Gasteiger partial charge in [0.2, 0.25) is 0 Å². The third kappa shape index (κ3) is 8.41. The lowest BCUT2D eigenvalue weighted by atomic mass is 10.1. The Bertz CT molecular complexity index is 575. The van der Waals surface area contributed by atoms with E-state index in [9.17, 15) is 4.21 Å². The summed E-state index contributed by atoms with van der Waals surface area (Å²) in [6, 6.07) is 10.0. The van der Waals surface area contributed by atoms with Crippen LogP contribution in [0.2, 0.25) is 0 Å². The van der Waals surface area contributed by atoms with Crippen molar-refractivity contribution in [3.05, 3.63) is 30.3 Å². The number of nitrogens with zero attached hydrogens (tertiary/aromatic N) is 2. The number of rotatable bonds is 10. The molecule has 27 heavy (non-hydrogen) atoms. The Labute approximate surface area is 166 Å². The Morgan fingerprint density at radius 2 is 2.04 bits per heavy atom. The van der Waals surface area contributed by atoms with E-state index in [0.717, 1.165) is 62.9 Å². The summed E-state index contributed by atoms with van der Waals surface area (Å²) >= 11 is 0. The van der Waals surface area contributed by atoms with E-state index >= 15 is 0 Å². The van der Waals surface area contributed by atoms with E-state index in [1.54, 1.807) is 7.11 Å². The molecule has 6 nitrogen and oxygen atoms in total. The molecular weight excluding hydrogens is 360 g/mol. The number of likely N-dealkylation sites (tertiary alicyclic amines) is 1. The molecule has 0 radical (unpaired) electrons. The third-order valence-electron chi connectivity index (χ3n) is 4.65. The van der Waals surface area contributed by atoms with Crippen LogP contribution >= 0.6 is 0 Å². The summed E-state index contributed by atoms with van der Waals surface area (Å²) in [7, 11) is 0.758. The summed E-state index contributed by atoms with van der Waals surface area (Å²) < 4.78 is 17.4. The molecule has 1 atom stereocenters. The first-order chi connectivity index (χ1) is 13.2. The van der Waals surface area contributed by atoms with Gasteiger partial charge in [0.25, 0.3) is 0 Å². The van der Waals surface area contributed by atoms with E-state index in [1.807, 2.05) is 30.3 Å². The topological polar surface area (TPSA) is 66.0 Å². The first kappa shape index (κ1) is 21.9. The predicted octanol–water partition coefficient (Wildman–Crippen LogP) is 1.85. The predicted molar refractivity (Wildman–Crippen MR) is 113 cm³/mol. The molecule has 1 unspecified atom stereocenters. The lowest BCUT2D eigenvalue weighted by molar-refractivity contribution is 0.155. The molecule has 1 aliphatic heterocycles. The molecule has 0 spiro atoms. The van der Waals surface area contributed by atoms with Crippen LogP contribution in [0.25, 0.3) is 0 Å². The number of aliphatic imine (C=N–C) groups is 1. The molecule has 0 saturated carbocycles. The zero-order valence-corrected chi connectivity index (χ0v) is 17.5. The SMILES string of the molecule is CCNC(=NCCS(=O)c1ccccc1)NC1CCN(CCCOC)CC1. The Kier molecular flexibility index (Phi) is 10.4. The minimum absolute atomic E-state index is 0.445. The van der Waals surface area contributed by atoms with Crippen molar-refractivity contribution in [3.8, 4) is 0 Å². The fraction of sp³-hybridized carbons (Fsp3) is 0.650. The van der Waals surface area contributed by atoms with Gasteiger partial charge in [-0.3, -0.25) is 9.20 Å². The highest BCUT2D eigenvalue weighted by Crippen LogP contribution is 2.10. The third-order valence-corrected chi connectivity index (χ3v) is 6.00. The summed E-state index contributed by atoms with van der Waals surface area (Å²) in [6.45, 7) is 7.60. The smallest absolute Gasteiger partial charge is 0.191 e. The van der Waals surface area contributed by atoms with Crippen LogP contribution in [0.3, 0.4) is 0 Å². The van der Waals surface area contributed by atoms with Gasteiger partial charge in [-0.15, -0.1) is 0 Å². The van der Waals surface area contributed by atoms with Crippen LogP contribution in [0.5, 0.6) is 0 Å². The van der Waals surface area contributed by atoms with Crippen LogP contribution < -0.4 is 10.6 Å². The number of hydrogen-bond acceptors (Lipinski definition) is 4. The number of hydrogen-bond donors (Lipinski definition) is 2. The standard InChI is InChI=1S/C20H34N4O2S/c1-3-21-20(22-12-17-27(25)19-8-5-4-6-9-19)23-18-10-14-24(15-11-18)13-7-16-26-2/h4-6,8-9,18H,3,7,10-17H2,1-2H3,(H2,21,22,23). The maximum Gasteiger partial charge on any atom is 0.191 e. The van der Waals surface area contributed by atoms with E-state index in [-0.39, 0.29) is 0 Å². The molecule has 1 aromatic carbocycles. The van der Waals surface area contributed by atoms with Crippen molar-refractivity contribution in [1.29, 1.82) is 0 Å². The molecule has 1 aromatic rings. The van der Waals surface area contributed by atoms with Crippen LogP contribution in [0.1, 0.15) is 26.2 Å². The molecule has 7 heteroatoms. The zero-order chi connectivity index (χ0) is 19.3. The lowest BCUT2D eigenvalue weighted by Crippen LogP contribution is -2.49. The molecule has 1 heterocycles. The average molecular weight is 395 g/mol. The molecule has 0 amide bonds. The molecule has 1 fully saturated rings. The van der Waals surface area contributed by atoms with E-state index in [2.05, 4.69) is 27.4 Å². The number of benzene rings is 1. The highest BCUT2D eigenvalue weighted by atomic mass is 32.2. The van der Waals surface area contributed by atoms with Crippen molar-refractivity contribution in [2.75, 3.05) is 52.2 Å². The number of nitrogens with one attached hydrogen (secondary N) is 2. The minimum atomic E-state index is -0.999. The number of ether oxygens (including phenoxy) is 1. The first-order valence-corrected chi connectivity index (χ1v) is 11.2. The maximum atomic E-state index is 12.3. The van der Waals surface area contributed by atoms with Crippen molar-refractivity contribution in [1.82, 2.24) is 15.5 Å². The fourth-order valence-electron chi connectivity index (χ4n) is 3.18. The van der Waals surface area contributed by atoms with E-state index in [4.69, 9.17) is 4.74 Å². The Morgan fingerprint density at radius 1 is 1.30 bits per heavy atom. The van der Waals surface area contributed by atoms with Gasteiger partial charge in [-0.2, -0.15) is 0 Å². The number of piperidine rings is 1. The number of guanidine groups is 1. The van der Waals surface area contributed by atoms with E-state index < -0.39 is 10.8 Å². The second-order valence-corrected chi connectivity index (χ2v) is 8.30. The van der Waals surface area contributed by atoms with Gasteiger partial charge in [0, 0.05) is 56.6 Å². The van der Waals surface area contributed by atoms with Crippen molar-refractivity contribution in [3.63, 3.8) is 0 Å². The Morgan fingerprint density at radius 3 is 2.70 bits per heavy atom. The van der Waals surface area contributed by atoms with E-state index in [1.165, 1.54) is 0 Å². The van der Waals surface area contributed by atoms with Gasteiger partial charge in [0.1, 0.15) is 0 Å². The summed E-state index contributed by atoms with van der Waals surface area (Å²) in [4.78, 5) is 8.00. The van der Waals surface area contributed by atoms with Crippen LogP contribution in [0.4, 0.5) is 0 Å². The number of methoxy groups -OCH3 is 1. The van der Waals surface area contributed by atoms with Crippen LogP contribution in [0.15, 0.2) is 40.2 Å². The minimum Gasteiger partial charge on any atom is -0.385 e. The highest BCUT2D eigenvalue weighted by molar-refractivity contribution is 7.85. The lowest BCUT2D eigenvalue weighted by Gasteiger charge is -2.33. The van der Waals surface area contributed by atoms with E-state index in [0.29, 0.717) is 18.3 Å². The van der Waals surface area contributed by atoms with Crippen LogP contribution in [-0.4, -0.2) is 73.3 Å². The largest absolute Gasteiger partial charge is 0.385 e. The van der Waals surface area contributed by atoms with Gasteiger partial charge in [-0.25, -0.2) is 0 Å². The Hall–Kier alpha value is -1.44. The molecule has 0 aromatic heterocycles. The van der Waals surface area contributed by atoms with Gasteiger partial charge < -0.3 is 20.3 Å². The molecule has 1 aliphatic rings. The zero-order valence-electron chi connectivity index (χ0n) is 16.7. The van der Waals surface area contributed by atoms with Crippen molar-refractivity contribution in [2.24, 2.45) is 4.99 Å². The van der Waals surface area contributed by atoms with Gasteiger partial charge in [0.05, 0.1) is 17.3 Å². The normalized spacial score (nSPS) is 17.6. The summed E-state index contributed by atoms with van der Waals surface area (Å²) in [6.07, 6.45) is 3.33. The molecular formula is C20H34N4O2S. The molecule has 0 bridgehead atoms. The highest BCUT2D eigenvalue weighted by Gasteiger charge is 2.19. The van der Waals surface area contributed by atoms with Crippen molar-refractivity contribution < 1.29 is 8.95 Å². The van der Waals surface area contributed by atoms with Crippen molar-refractivity contribution in [2.45, 2.75) is 37.1 Å². The molecule has 0 aliphatic carbocycles. The van der Waals surface area contributed by atoms with Crippen LogP contribution in [0, 0.1) is 0 Å². The molecule has 152 valence electrons. The van der Waals surface area contributed by atoms with Crippen molar-refractivity contribution >= 4 is 16.8 Å². The molecule has 1 saturated heterocycles. The Balaban J connectivity index is 1.74. The van der Waals surface area contributed by atoms with Gasteiger partial charge in [0.15, 0.2) is 5.96 Å². The average Bonchev–Trinajstić information content (AvgIpc) is 2.70. The summed E-state index contributed by atoms with van der Waals surface area (Å²) in [5, 5.41) is 6.85. The summed E-state index contributed by atoms with van der Waals surface area (Å²) in [5.41, 5.74) is 0. The van der Waals surface area contributed by atoms with Crippen LogP contribution in [-0.2, 0) is 15.5 Å². The maximum absolute atomic E-state index is 12.3. The first-order valence-electron chi connectivity index (χ1n) is 9.92.